The number of carbonyl (C=O) groups excluding carboxylic acids is 2. The quantitative estimate of drug-likeness (QED) is 0.792. The largest absolute Gasteiger partial charge is 0.466 e. The summed E-state index contributed by atoms with van der Waals surface area (Å²) in [6, 6.07) is 0. The molecule has 0 saturated carbocycles. The molecule has 0 bridgehead atoms. The van der Waals surface area contributed by atoms with Gasteiger partial charge in [0.05, 0.1) is 18.7 Å². The number of rotatable bonds is 3. The van der Waals surface area contributed by atoms with E-state index in [0.29, 0.717) is 26.1 Å². The predicted molar refractivity (Wildman–Crippen MR) is 88.5 cm³/mol. The fourth-order valence-electron chi connectivity index (χ4n) is 2.96. The summed E-state index contributed by atoms with van der Waals surface area (Å²) in [7, 11) is 1.85. The standard InChI is InChI=1S/C17H27N3O4/c1-6-23-15(21)14-11-20(16(22)24-17(2,3)4)8-7-13(14)12-9-18-19(5)10-12/h9-10,13-14H,6-8,11H2,1-5H3/t13-,14+/m0/s1. The van der Waals surface area contributed by atoms with E-state index >= 15 is 0 Å². The highest BCUT2D eigenvalue weighted by Gasteiger charge is 2.39. The molecule has 7 heteroatoms. The minimum absolute atomic E-state index is 0.00330. The van der Waals surface area contributed by atoms with E-state index in [9.17, 15) is 9.59 Å². The van der Waals surface area contributed by atoms with Gasteiger partial charge in [-0.25, -0.2) is 4.79 Å². The summed E-state index contributed by atoms with van der Waals surface area (Å²) in [6.45, 7) is 8.44. The Morgan fingerprint density at radius 1 is 1.38 bits per heavy atom. The first kappa shape index (κ1) is 18.3. The van der Waals surface area contributed by atoms with Crippen molar-refractivity contribution >= 4 is 12.1 Å². The lowest BCUT2D eigenvalue weighted by molar-refractivity contribution is -0.150. The van der Waals surface area contributed by atoms with E-state index < -0.39 is 11.5 Å². The molecule has 0 unspecified atom stereocenters. The monoisotopic (exact) mass is 337 g/mol. The van der Waals surface area contributed by atoms with Gasteiger partial charge in [-0.15, -0.1) is 0 Å². The van der Waals surface area contributed by atoms with Gasteiger partial charge in [-0.3, -0.25) is 9.48 Å². The Bertz CT molecular complexity index is 591. The van der Waals surface area contributed by atoms with Crippen LogP contribution in [0.25, 0.3) is 0 Å². The van der Waals surface area contributed by atoms with Crippen LogP contribution < -0.4 is 0 Å². The van der Waals surface area contributed by atoms with Crippen molar-refractivity contribution in [2.75, 3.05) is 19.7 Å². The summed E-state index contributed by atoms with van der Waals surface area (Å²) >= 11 is 0. The number of amides is 1. The predicted octanol–water partition coefficient (Wildman–Crippen LogP) is 2.32. The minimum Gasteiger partial charge on any atom is -0.466 e. The van der Waals surface area contributed by atoms with Crippen LogP contribution in [0.1, 0.15) is 45.6 Å². The van der Waals surface area contributed by atoms with E-state index in [-0.39, 0.29) is 18.0 Å². The van der Waals surface area contributed by atoms with Crippen molar-refractivity contribution in [3.05, 3.63) is 18.0 Å². The lowest BCUT2D eigenvalue weighted by Crippen LogP contribution is -2.47. The molecule has 1 fully saturated rings. The Kier molecular flexibility index (Phi) is 5.51. The summed E-state index contributed by atoms with van der Waals surface area (Å²) in [5.41, 5.74) is 0.441. The van der Waals surface area contributed by atoms with Gasteiger partial charge in [0.1, 0.15) is 5.60 Å². The second kappa shape index (κ2) is 7.23. The fraction of sp³-hybridized carbons (Fsp3) is 0.706. The van der Waals surface area contributed by atoms with Gasteiger partial charge in [0.2, 0.25) is 0 Å². The molecule has 1 saturated heterocycles. The van der Waals surface area contributed by atoms with E-state index in [4.69, 9.17) is 9.47 Å². The molecule has 1 amide bonds. The normalized spacial score (nSPS) is 21.5. The van der Waals surface area contributed by atoms with Gasteiger partial charge in [0.15, 0.2) is 0 Å². The molecule has 2 heterocycles. The number of likely N-dealkylation sites (tertiary alicyclic amines) is 1. The molecule has 0 aromatic carbocycles. The number of nitrogens with zero attached hydrogens (tertiary/aromatic N) is 3. The van der Waals surface area contributed by atoms with E-state index in [2.05, 4.69) is 5.10 Å². The summed E-state index contributed by atoms with van der Waals surface area (Å²) < 4.78 is 12.4. The van der Waals surface area contributed by atoms with Crippen molar-refractivity contribution in [3.8, 4) is 0 Å². The van der Waals surface area contributed by atoms with Crippen LogP contribution in [0, 0.1) is 5.92 Å². The summed E-state index contributed by atoms with van der Waals surface area (Å²) in [5.74, 6) is -0.688. The molecular weight excluding hydrogens is 310 g/mol. The smallest absolute Gasteiger partial charge is 0.410 e. The van der Waals surface area contributed by atoms with E-state index in [1.54, 1.807) is 22.7 Å². The highest BCUT2D eigenvalue weighted by molar-refractivity contribution is 5.76. The topological polar surface area (TPSA) is 73.7 Å². The molecule has 0 aliphatic carbocycles. The van der Waals surface area contributed by atoms with Crippen molar-refractivity contribution in [3.63, 3.8) is 0 Å². The number of carbonyl (C=O) groups is 2. The molecule has 1 aromatic rings. The highest BCUT2D eigenvalue weighted by atomic mass is 16.6. The number of hydrogen-bond donors (Lipinski definition) is 0. The maximum Gasteiger partial charge on any atom is 0.410 e. The Morgan fingerprint density at radius 3 is 2.62 bits per heavy atom. The van der Waals surface area contributed by atoms with Crippen LogP contribution in [0.5, 0.6) is 0 Å². The van der Waals surface area contributed by atoms with Gasteiger partial charge >= 0.3 is 12.1 Å². The first-order chi connectivity index (χ1) is 11.2. The van der Waals surface area contributed by atoms with Crippen LogP contribution in [0.3, 0.4) is 0 Å². The molecule has 7 nitrogen and oxygen atoms in total. The molecule has 2 rings (SSSR count). The second-order valence-corrected chi connectivity index (χ2v) is 7.13. The summed E-state index contributed by atoms with van der Waals surface area (Å²) in [6.07, 6.45) is 3.98. The molecule has 0 N–H and O–H groups in total. The Balaban J connectivity index is 2.16. The molecule has 2 atom stereocenters. The van der Waals surface area contributed by atoms with E-state index in [0.717, 1.165) is 5.56 Å². The maximum atomic E-state index is 12.4. The number of esters is 1. The van der Waals surface area contributed by atoms with Crippen molar-refractivity contribution < 1.29 is 19.1 Å². The number of ether oxygens (including phenoxy) is 2. The van der Waals surface area contributed by atoms with Gasteiger partial charge in [-0.2, -0.15) is 5.10 Å². The summed E-state index contributed by atoms with van der Waals surface area (Å²) in [5, 5.41) is 4.19. The Morgan fingerprint density at radius 2 is 2.08 bits per heavy atom. The second-order valence-electron chi connectivity index (χ2n) is 7.13. The van der Waals surface area contributed by atoms with Crippen molar-refractivity contribution in [2.45, 2.75) is 45.6 Å². The third kappa shape index (κ3) is 4.49. The molecule has 0 spiro atoms. The van der Waals surface area contributed by atoms with Crippen molar-refractivity contribution in [1.82, 2.24) is 14.7 Å². The van der Waals surface area contributed by atoms with E-state index in [1.807, 2.05) is 34.0 Å². The lowest BCUT2D eigenvalue weighted by atomic mass is 9.82. The third-order valence-corrected chi connectivity index (χ3v) is 4.01. The number of hydrogen-bond acceptors (Lipinski definition) is 5. The Labute approximate surface area is 142 Å². The molecule has 134 valence electrons. The molecular formula is C17H27N3O4. The first-order valence-corrected chi connectivity index (χ1v) is 8.34. The summed E-state index contributed by atoms with van der Waals surface area (Å²) in [4.78, 5) is 26.3. The van der Waals surface area contributed by atoms with Crippen LogP contribution in [-0.2, 0) is 21.3 Å². The SMILES string of the molecule is CCOC(=O)[C@@H]1CN(C(=O)OC(C)(C)C)CC[C@H]1c1cnn(C)c1. The number of piperidine rings is 1. The number of aryl methyl sites for hydroxylation is 1. The third-order valence-electron chi connectivity index (χ3n) is 4.01. The molecule has 1 aromatic heterocycles. The maximum absolute atomic E-state index is 12.4. The van der Waals surface area contributed by atoms with Gasteiger partial charge in [-0.05, 0) is 39.7 Å². The average molecular weight is 337 g/mol. The van der Waals surface area contributed by atoms with Crippen molar-refractivity contribution in [2.24, 2.45) is 13.0 Å². The zero-order valence-electron chi connectivity index (χ0n) is 15.1. The molecule has 1 aliphatic rings. The zero-order chi connectivity index (χ0) is 17.9. The average Bonchev–Trinajstić information content (AvgIpc) is 2.91. The van der Waals surface area contributed by atoms with Crippen LogP contribution in [0.15, 0.2) is 12.4 Å². The van der Waals surface area contributed by atoms with E-state index in [1.165, 1.54) is 0 Å². The van der Waals surface area contributed by atoms with Crippen LogP contribution in [0.2, 0.25) is 0 Å². The van der Waals surface area contributed by atoms with Gasteiger partial charge in [0, 0.05) is 32.3 Å². The fourth-order valence-corrected chi connectivity index (χ4v) is 2.96. The molecule has 1 aliphatic heterocycles. The van der Waals surface area contributed by atoms with Gasteiger partial charge in [0.25, 0.3) is 0 Å². The zero-order valence-corrected chi connectivity index (χ0v) is 15.1. The minimum atomic E-state index is -0.559. The van der Waals surface area contributed by atoms with Crippen LogP contribution in [-0.4, -0.2) is 52.0 Å². The lowest BCUT2D eigenvalue weighted by Gasteiger charge is -2.37. The molecule has 24 heavy (non-hydrogen) atoms. The van der Waals surface area contributed by atoms with Gasteiger partial charge < -0.3 is 14.4 Å². The van der Waals surface area contributed by atoms with Crippen molar-refractivity contribution in [1.29, 1.82) is 0 Å². The van der Waals surface area contributed by atoms with Crippen LogP contribution in [0.4, 0.5) is 4.79 Å². The van der Waals surface area contributed by atoms with Crippen LogP contribution >= 0.6 is 0 Å². The van der Waals surface area contributed by atoms with Gasteiger partial charge in [-0.1, -0.05) is 0 Å². The highest BCUT2D eigenvalue weighted by Crippen LogP contribution is 2.34. The first-order valence-electron chi connectivity index (χ1n) is 8.34. The number of aromatic nitrogens is 2. The Hall–Kier alpha value is -2.05. The molecule has 0 radical (unpaired) electrons.